The molecule has 15 nitrogen and oxygen atoms in total. The zero-order valence-electron chi connectivity index (χ0n) is 30.8. The summed E-state index contributed by atoms with van der Waals surface area (Å²) in [4.78, 5) is 60.8. The first kappa shape index (κ1) is 37.3. The van der Waals surface area contributed by atoms with E-state index in [4.69, 9.17) is 15.5 Å². The summed E-state index contributed by atoms with van der Waals surface area (Å²) < 4.78 is 5.19. The van der Waals surface area contributed by atoms with Gasteiger partial charge in [-0.15, -0.1) is 22.7 Å². The topological polar surface area (TPSA) is 201 Å². The molecule has 0 fully saturated rings. The number of hydrogen-bond acceptors (Lipinski definition) is 12. The van der Waals surface area contributed by atoms with Crippen LogP contribution in [0.2, 0.25) is 0 Å². The number of carbonyl (C=O) groups excluding carboxylic acids is 3. The molecule has 17 heteroatoms. The van der Waals surface area contributed by atoms with Gasteiger partial charge in [-0.3, -0.25) is 9.69 Å². The van der Waals surface area contributed by atoms with E-state index >= 15 is 0 Å². The van der Waals surface area contributed by atoms with Crippen molar-refractivity contribution in [1.82, 2.24) is 19.9 Å². The number of nitrogens with one attached hydrogen (secondary N) is 5. The number of nitrogens with two attached hydrogens (primary N) is 1. The Morgan fingerprint density at radius 1 is 0.672 bits per heavy atom. The molecule has 7 N–H and O–H groups in total. The number of methoxy groups -OCH3 is 1. The lowest BCUT2D eigenvalue weighted by atomic mass is 10.1. The van der Waals surface area contributed by atoms with Gasteiger partial charge in [-0.05, 0) is 103 Å². The van der Waals surface area contributed by atoms with Gasteiger partial charge in [-0.1, -0.05) is 18.2 Å². The van der Waals surface area contributed by atoms with E-state index in [1.807, 2.05) is 42.6 Å². The molecule has 0 unspecified atom stereocenters. The number of para-hydroxylation sites is 1. The third-order valence-electron chi connectivity index (χ3n) is 8.87. The number of rotatable bonds is 10. The van der Waals surface area contributed by atoms with Crippen LogP contribution in [0.25, 0.3) is 20.4 Å². The van der Waals surface area contributed by atoms with Gasteiger partial charge in [-0.25, -0.2) is 24.5 Å². The van der Waals surface area contributed by atoms with Crippen molar-refractivity contribution in [2.75, 3.05) is 44.3 Å². The molecule has 0 aliphatic heterocycles. The highest BCUT2D eigenvalue weighted by Crippen LogP contribution is 2.43. The summed E-state index contributed by atoms with van der Waals surface area (Å²) in [6.07, 6.45) is 1.43. The van der Waals surface area contributed by atoms with Gasteiger partial charge in [0.15, 0.2) is 11.6 Å². The van der Waals surface area contributed by atoms with Gasteiger partial charge in [-0.2, -0.15) is 4.98 Å². The summed E-state index contributed by atoms with van der Waals surface area (Å²) in [6.45, 7) is 1.91. The van der Waals surface area contributed by atoms with Gasteiger partial charge < -0.3 is 37.1 Å². The SMILES string of the molecule is COc1ccc(NC(=O)Nc2ccc(N(c3nc(N)nc4sccc34)c3ncnc4scc(C(=O)Nc5ccc(NC(=O)Nc6ccccc6C)cc5)c34)cc2)cc1. The van der Waals surface area contributed by atoms with Crippen molar-refractivity contribution in [3.05, 3.63) is 131 Å². The van der Waals surface area contributed by atoms with Gasteiger partial charge in [0.1, 0.15) is 21.7 Å². The summed E-state index contributed by atoms with van der Waals surface area (Å²) in [6, 6.07) is 29.4. The Balaban J connectivity index is 1.07. The highest BCUT2D eigenvalue weighted by atomic mass is 32.1. The van der Waals surface area contributed by atoms with Gasteiger partial charge in [0.2, 0.25) is 5.95 Å². The van der Waals surface area contributed by atoms with Crippen LogP contribution in [0.5, 0.6) is 5.75 Å². The number of urea groups is 2. The normalized spacial score (nSPS) is 10.9. The minimum absolute atomic E-state index is 0.0580. The van der Waals surface area contributed by atoms with Crippen molar-refractivity contribution >= 4 is 113 Å². The van der Waals surface area contributed by atoms with E-state index in [1.165, 1.54) is 29.0 Å². The summed E-state index contributed by atoms with van der Waals surface area (Å²) in [7, 11) is 1.57. The Labute approximate surface area is 339 Å². The minimum atomic E-state index is -0.431. The van der Waals surface area contributed by atoms with Crippen molar-refractivity contribution in [3.8, 4) is 5.75 Å². The van der Waals surface area contributed by atoms with Crippen LogP contribution in [-0.2, 0) is 0 Å². The fraction of sp³-hybridized carbons (Fsp3) is 0.0488. The molecule has 0 radical (unpaired) electrons. The third kappa shape index (κ3) is 8.01. The van der Waals surface area contributed by atoms with Gasteiger partial charge in [0.25, 0.3) is 5.91 Å². The Kier molecular flexibility index (Phi) is 10.4. The zero-order chi connectivity index (χ0) is 40.2. The third-order valence-corrected chi connectivity index (χ3v) is 10.6. The number of benzene rings is 4. The van der Waals surface area contributed by atoms with Crippen LogP contribution < -0.4 is 42.0 Å². The molecule has 8 rings (SSSR count). The molecular weight excluding hydrogens is 775 g/mol. The van der Waals surface area contributed by atoms with Crippen molar-refractivity contribution in [2.45, 2.75) is 6.92 Å². The monoisotopic (exact) mass is 807 g/mol. The smallest absolute Gasteiger partial charge is 0.323 e. The van der Waals surface area contributed by atoms with Crippen LogP contribution in [0.15, 0.2) is 120 Å². The first-order valence-electron chi connectivity index (χ1n) is 17.6. The van der Waals surface area contributed by atoms with Crippen molar-refractivity contribution < 1.29 is 19.1 Å². The summed E-state index contributed by atoms with van der Waals surface area (Å²) in [5.41, 5.74) is 11.0. The fourth-order valence-electron chi connectivity index (χ4n) is 6.06. The number of thiophene rings is 2. The largest absolute Gasteiger partial charge is 0.497 e. The molecule has 4 aromatic carbocycles. The lowest BCUT2D eigenvalue weighted by Crippen LogP contribution is -2.20. The van der Waals surface area contributed by atoms with Crippen molar-refractivity contribution in [1.29, 1.82) is 0 Å². The van der Waals surface area contributed by atoms with Crippen LogP contribution in [0.4, 0.5) is 61.3 Å². The lowest BCUT2D eigenvalue weighted by molar-refractivity contribution is 0.102. The van der Waals surface area contributed by atoms with Gasteiger partial charge in [0, 0.05) is 39.5 Å². The highest BCUT2D eigenvalue weighted by molar-refractivity contribution is 7.17. The molecule has 0 bridgehead atoms. The molecule has 0 spiro atoms. The van der Waals surface area contributed by atoms with E-state index in [0.29, 0.717) is 72.1 Å². The number of hydrogen-bond donors (Lipinski definition) is 6. The lowest BCUT2D eigenvalue weighted by Gasteiger charge is -2.25. The van der Waals surface area contributed by atoms with E-state index in [0.717, 1.165) is 10.9 Å². The second kappa shape index (κ2) is 16.2. The molecule has 58 heavy (non-hydrogen) atoms. The number of carbonyl (C=O) groups is 3. The van der Waals surface area contributed by atoms with Crippen LogP contribution in [-0.4, -0.2) is 45.0 Å². The van der Waals surface area contributed by atoms with Crippen LogP contribution in [0.1, 0.15) is 15.9 Å². The predicted octanol–water partition coefficient (Wildman–Crippen LogP) is 9.61. The molecular formula is C41H33N11O4S2. The number of nitrogen functional groups attached to an aromatic ring is 1. The minimum Gasteiger partial charge on any atom is -0.497 e. The molecule has 0 aliphatic carbocycles. The van der Waals surface area contributed by atoms with E-state index in [9.17, 15) is 14.4 Å². The van der Waals surface area contributed by atoms with Crippen LogP contribution >= 0.6 is 22.7 Å². The molecule has 288 valence electrons. The molecule has 8 aromatic rings. The van der Waals surface area contributed by atoms with Crippen molar-refractivity contribution in [2.24, 2.45) is 0 Å². The Hall–Kier alpha value is -7.63. The molecule has 0 atom stereocenters. The molecule has 4 heterocycles. The maximum Gasteiger partial charge on any atom is 0.323 e. The van der Waals surface area contributed by atoms with Gasteiger partial charge >= 0.3 is 12.1 Å². The number of amides is 5. The summed E-state index contributed by atoms with van der Waals surface area (Å²) in [5, 5.41) is 19.1. The first-order chi connectivity index (χ1) is 28.2. The van der Waals surface area contributed by atoms with E-state index < -0.39 is 11.9 Å². The van der Waals surface area contributed by atoms with Crippen LogP contribution in [0.3, 0.4) is 0 Å². The second-order valence-electron chi connectivity index (χ2n) is 12.7. The molecule has 0 saturated carbocycles. The average molecular weight is 808 g/mol. The number of aryl methyl sites for hydroxylation is 1. The number of ether oxygens (including phenoxy) is 1. The van der Waals surface area contributed by atoms with E-state index in [1.54, 1.807) is 90.2 Å². The molecule has 4 aromatic heterocycles. The second-order valence-corrected chi connectivity index (χ2v) is 14.4. The summed E-state index contributed by atoms with van der Waals surface area (Å²) >= 11 is 2.71. The maximum absolute atomic E-state index is 14.0. The summed E-state index contributed by atoms with van der Waals surface area (Å²) in [5.74, 6) is 1.15. The number of nitrogens with zero attached hydrogens (tertiary/aromatic N) is 5. The van der Waals surface area contributed by atoms with Crippen molar-refractivity contribution in [3.63, 3.8) is 0 Å². The Bertz CT molecular complexity index is 2790. The quantitative estimate of drug-likeness (QED) is 0.0773. The fourth-order valence-corrected chi connectivity index (χ4v) is 7.71. The maximum atomic E-state index is 14.0. The van der Waals surface area contributed by atoms with E-state index in [2.05, 4.69) is 41.5 Å². The van der Waals surface area contributed by atoms with E-state index in [-0.39, 0.29) is 12.0 Å². The highest BCUT2D eigenvalue weighted by Gasteiger charge is 2.26. The average Bonchev–Trinajstić information content (AvgIpc) is 3.89. The molecule has 0 saturated heterocycles. The predicted molar refractivity (Wildman–Crippen MR) is 231 cm³/mol. The molecule has 0 aliphatic rings. The Morgan fingerprint density at radius 3 is 1.97 bits per heavy atom. The Morgan fingerprint density at radius 2 is 1.29 bits per heavy atom. The van der Waals surface area contributed by atoms with Crippen LogP contribution in [0, 0.1) is 6.92 Å². The number of fused-ring (bicyclic) bond motifs is 2. The number of anilines is 9. The first-order valence-corrected chi connectivity index (χ1v) is 19.4. The number of aromatic nitrogens is 4. The standard InChI is InChI=1S/C41H33N11O4S2/c1-23-5-3-4-6-32(23)49-41(55)48-25-9-7-24(8-10-25)45-36(53)31-21-58-38-33(31)35(43-22-44-38)52(34-30-19-20-57-37(30)51-39(42)50-34)28-15-11-26(12-16-28)46-40(54)47-27-13-17-29(56-2)18-14-27/h3-22H,1-2H3,(H,45,53)(H2,42,50,51)(H2,46,47,54)(H2,48,49,55). The van der Waals surface area contributed by atoms with Gasteiger partial charge in [0.05, 0.1) is 23.4 Å². The molecule has 5 amide bonds. The zero-order valence-corrected chi connectivity index (χ0v) is 32.4.